The summed E-state index contributed by atoms with van der Waals surface area (Å²) in [7, 11) is 0. The minimum atomic E-state index is -0.373. The van der Waals surface area contributed by atoms with Crippen LogP contribution in [0.5, 0.6) is 0 Å². The van der Waals surface area contributed by atoms with Crippen molar-refractivity contribution in [1.29, 1.82) is 5.26 Å². The number of esters is 1. The average molecular weight is 307 g/mol. The Labute approximate surface area is 113 Å². The number of nitrogens with zero attached hydrogens (tertiary/aromatic N) is 1. The third-order valence-electron chi connectivity index (χ3n) is 2.52. The summed E-state index contributed by atoms with van der Waals surface area (Å²) in [5, 5.41) is 9.59. The smallest absolute Gasteiger partial charge is 0.354 e. The molecule has 2 aromatic rings. The van der Waals surface area contributed by atoms with Gasteiger partial charge in [-0.15, -0.1) is 0 Å². The number of hydrogen-bond acceptors (Lipinski definition) is 3. The van der Waals surface area contributed by atoms with Crippen LogP contribution < -0.4 is 0 Å². The molecule has 4 nitrogen and oxygen atoms in total. The Morgan fingerprint density at radius 1 is 1.50 bits per heavy atom. The van der Waals surface area contributed by atoms with Crippen molar-refractivity contribution in [1.82, 2.24) is 4.98 Å². The highest BCUT2D eigenvalue weighted by molar-refractivity contribution is 9.10. The van der Waals surface area contributed by atoms with E-state index in [1.165, 1.54) is 0 Å². The molecule has 0 saturated heterocycles. The summed E-state index contributed by atoms with van der Waals surface area (Å²) in [5.74, 6) is -0.373. The molecule has 0 bridgehead atoms. The molecule has 0 atom stereocenters. The molecule has 18 heavy (non-hydrogen) atoms. The highest BCUT2D eigenvalue weighted by Crippen LogP contribution is 2.26. The highest BCUT2D eigenvalue weighted by atomic mass is 79.9. The van der Waals surface area contributed by atoms with Crippen molar-refractivity contribution in [2.24, 2.45) is 0 Å². The zero-order chi connectivity index (χ0) is 13.1. The lowest BCUT2D eigenvalue weighted by Gasteiger charge is -1.98. The van der Waals surface area contributed by atoms with Crippen LogP contribution in [0, 0.1) is 11.3 Å². The lowest BCUT2D eigenvalue weighted by molar-refractivity contribution is 0.0520. The van der Waals surface area contributed by atoms with Crippen LogP contribution in [-0.4, -0.2) is 17.6 Å². The zero-order valence-corrected chi connectivity index (χ0v) is 11.4. The van der Waals surface area contributed by atoms with Gasteiger partial charge in [-0.25, -0.2) is 4.79 Å². The monoisotopic (exact) mass is 306 g/mol. The molecule has 92 valence electrons. The number of rotatable bonds is 3. The van der Waals surface area contributed by atoms with Gasteiger partial charge >= 0.3 is 5.97 Å². The zero-order valence-electron chi connectivity index (χ0n) is 9.79. The molecule has 0 aliphatic rings. The molecular formula is C13H11BrN2O2. The maximum atomic E-state index is 11.6. The van der Waals surface area contributed by atoms with E-state index in [2.05, 4.69) is 27.0 Å². The topological polar surface area (TPSA) is 65.9 Å². The van der Waals surface area contributed by atoms with Crippen LogP contribution in [0.15, 0.2) is 22.7 Å². The second kappa shape index (κ2) is 5.23. The molecule has 2 rings (SSSR count). The van der Waals surface area contributed by atoms with Gasteiger partial charge in [-0.05, 0) is 46.6 Å². The van der Waals surface area contributed by atoms with Crippen molar-refractivity contribution in [2.75, 3.05) is 6.61 Å². The first-order valence-corrected chi connectivity index (χ1v) is 6.30. The average Bonchev–Trinajstić information content (AvgIpc) is 2.74. The second-order valence-corrected chi connectivity index (χ2v) is 4.63. The van der Waals surface area contributed by atoms with Gasteiger partial charge in [0.05, 0.1) is 24.6 Å². The minimum absolute atomic E-state index is 0.342. The van der Waals surface area contributed by atoms with Crippen molar-refractivity contribution in [3.8, 4) is 6.07 Å². The van der Waals surface area contributed by atoms with Crippen LogP contribution in [-0.2, 0) is 11.2 Å². The first kappa shape index (κ1) is 12.7. The van der Waals surface area contributed by atoms with E-state index >= 15 is 0 Å². The molecule has 1 aromatic heterocycles. The Hall–Kier alpha value is -1.80. The quantitative estimate of drug-likeness (QED) is 0.886. The van der Waals surface area contributed by atoms with Gasteiger partial charge in [0.15, 0.2) is 0 Å². The number of nitriles is 1. The number of carbonyl (C=O) groups is 1. The molecule has 1 aromatic carbocycles. The molecule has 0 radical (unpaired) electrons. The van der Waals surface area contributed by atoms with E-state index in [-0.39, 0.29) is 5.97 Å². The van der Waals surface area contributed by atoms with Crippen LogP contribution in [0.2, 0.25) is 0 Å². The maximum Gasteiger partial charge on any atom is 0.354 e. The van der Waals surface area contributed by atoms with E-state index in [0.29, 0.717) is 18.7 Å². The minimum Gasteiger partial charge on any atom is -0.461 e. The van der Waals surface area contributed by atoms with Gasteiger partial charge in [0.2, 0.25) is 0 Å². The number of benzene rings is 1. The van der Waals surface area contributed by atoms with Crippen molar-refractivity contribution in [2.45, 2.75) is 13.3 Å². The van der Waals surface area contributed by atoms with Crippen LogP contribution in [0.4, 0.5) is 0 Å². The Kier molecular flexibility index (Phi) is 3.68. The van der Waals surface area contributed by atoms with Gasteiger partial charge in [-0.3, -0.25) is 0 Å². The lowest BCUT2D eigenvalue weighted by atomic mass is 10.1. The van der Waals surface area contributed by atoms with E-state index in [1.807, 2.05) is 12.1 Å². The highest BCUT2D eigenvalue weighted by Gasteiger charge is 2.12. The standard InChI is InChI=1S/C13H11BrN2O2/c1-2-18-13(17)11-7-9-5-8(3-4-15)6-10(14)12(9)16-11/h5-7,16H,2-3H2,1H3. The summed E-state index contributed by atoms with van der Waals surface area (Å²) in [6.45, 7) is 2.11. The summed E-state index contributed by atoms with van der Waals surface area (Å²) < 4.78 is 5.77. The number of aromatic nitrogens is 1. The molecule has 0 fully saturated rings. The fraction of sp³-hybridized carbons (Fsp3) is 0.231. The largest absolute Gasteiger partial charge is 0.461 e. The molecule has 0 aliphatic carbocycles. The maximum absolute atomic E-state index is 11.6. The molecule has 0 aliphatic heterocycles. The van der Waals surface area contributed by atoms with Crippen molar-refractivity contribution in [3.63, 3.8) is 0 Å². The number of aromatic amines is 1. The Bertz CT molecular complexity index is 640. The Morgan fingerprint density at radius 2 is 2.28 bits per heavy atom. The van der Waals surface area contributed by atoms with Crippen LogP contribution in [0.3, 0.4) is 0 Å². The van der Waals surface area contributed by atoms with Gasteiger partial charge in [0.25, 0.3) is 0 Å². The fourth-order valence-electron chi connectivity index (χ4n) is 1.77. The summed E-state index contributed by atoms with van der Waals surface area (Å²) in [6, 6.07) is 7.60. The third-order valence-corrected chi connectivity index (χ3v) is 3.14. The van der Waals surface area contributed by atoms with Gasteiger partial charge in [-0.2, -0.15) is 5.26 Å². The van der Waals surface area contributed by atoms with E-state index in [0.717, 1.165) is 20.9 Å². The first-order valence-electron chi connectivity index (χ1n) is 5.51. The molecule has 0 unspecified atom stereocenters. The summed E-state index contributed by atoms with van der Waals surface area (Å²) in [6.07, 6.45) is 0.342. The third kappa shape index (κ3) is 2.39. The summed E-state index contributed by atoms with van der Waals surface area (Å²) in [5.41, 5.74) is 2.16. The first-order chi connectivity index (χ1) is 8.65. The van der Waals surface area contributed by atoms with Crippen molar-refractivity contribution >= 4 is 32.8 Å². The van der Waals surface area contributed by atoms with Crippen LogP contribution >= 0.6 is 15.9 Å². The number of fused-ring (bicyclic) bond motifs is 1. The van der Waals surface area contributed by atoms with Gasteiger partial charge in [0, 0.05) is 9.86 Å². The Morgan fingerprint density at radius 3 is 2.94 bits per heavy atom. The number of hydrogen-bond donors (Lipinski definition) is 1. The van der Waals surface area contributed by atoms with Crippen molar-refractivity contribution < 1.29 is 9.53 Å². The number of carbonyl (C=O) groups excluding carboxylic acids is 1. The molecule has 1 N–H and O–H groups in total. The van der Waals surface area contributed by atoms with E-state index in [4.69, 9.17) is 10.00 Å². The SMILES string of the molecule is CCOC(=O)c1cc2cc(CC#N)cc(Br)c2[nH]1. The molecule has 5 heteroatoms. The van der Waals surface area contributed by atoms with Gasteiger partial charge < -0.3 is 9.72 Å². The van der Waals surface area contributed by atoms with E-state index in [1.54, 1.807) is 13.0 Å². The Balaban J connectivity index is 2.48. The van der Waals surface area contributed by atoms with E-state index in [9.17, 15) is 4.79 Å². The van der Waals surface area contributed by atoms with Gasteiger partial charge in [0.1, 0.15) is 5.69 Å². The fourth-order valence-corrected chi connectivity index (χ4v) is 2.39. The number of ether oxygens (including phenoxy) is 1. The molecular weight excluding hydrogens is 296 g/mol. The number of halogens is 1. The predicted octanol–water partition coefficient (Wildman–Crippen LogP) is 3.17. The van der Waals surface area contributed by atoms with Crippen LogP contribution in [0.1, 0.15) is 23.0 Å². The molecule has 0 amide bonds. The van der Waals surface area contributed by atoms with Gasteiger partial charge in [-0.1, -0.05) is 0 Å². The predicted molar refractivity (Wildman–Crippen MR) is 71.3 cm³/mol. The number of nitrogens with one attached hydrogen (secondary N) is 1. The summed E-state index contributed by atoms with van der Waals surface area (Å²) >= 11 is 3.43. The van der Waals surface area contributed by atoms with E-state index < -0.39 is 0 Å². The molecule has 0 spiro atoms. The summed E-state index contributed by atoms with van der Waals surface area (Å²) in [4.78, 5) is 14.6. The lowest BCUT2D eigenvalue weighted by Crippen LogP contribution is -2.04. The normalized spacial score (nSPS) is 10.3. The second-order valence-electron chi connectivity index (χ2n) is 3.78. The number of H-pyrrole nitrogens is 1. The van der Waals surface area contributed by atoms with Crippen molar-refractivity contribution in [3.05, 3.63) is 33.9 Å². The molecule has 1 heterocycles. The molecule has 0 saturated carbocycles. The van der Waals surface area contributed by atoms with Crippen LogP contribution in [0.25, 0.3) is 10.9 Å².